The topological polar surface area (TPSA) is 345 Å². The van der Waals surface area contributed by atoms with Gasteiger partial charge in [0.05, 0.1) is 18.8 Å². The van der Waals surface area contributed by atoms with Gasteiger partial charge in [0.1, 0.15) is 18.1 Å². The molecule has 4 unspecified atom stereocenters. The van der Waals surface area contributed by atoms with E-state index in [1.165, 1.54) is 12.5 Å². The van der Waals surface area contributed by atoms with Crippen LogP contribution in [0.4, 0.5) is 0 Å². The van der Waals surface area contributed by atoms with Crippen molar-refractivity contribution in [1.29, 1.82) is 0 Å². The number of amides is 3. The molecule has 41 heavy (non-hydrogen) atoms. The van der Waals surface area contributed by atoms with E-state index in [0.717, 1.165) is 0 Å². The number of guanidine groups is 2. The van der Waals surface area contributed by atoms with E-state index in [9.17, 15) is 29.1 Å². The number of nitrogens with one attached hydrogen (secondary N) is 4. The number of carboxylic acid groups (broad SMARTS) is 2. The maximum Gasteiger partial charge on any atom is 0.326 e. The highest BCUT2D eigenvalue weighted by molar-refractivity contribution is 5.94. The van der Waals surface area contributed by atoms with Crippen molar-refractivity contribution in [2.45, 2.75) is 62.7 Å². The zero-order valence-electron chi connectivity index (χ0n) is 22.3. The Hall–Kier alpha value is -4.94. The van der Waals surface area contributed by atoms with Crippen molar-refractivity contribution in [3.8, 4) is 0 Å². The van der Waals surface area contributed by atoms with Crippen LogP contribution in [0.1, 0.15) is 37.8 Å². The van der Waals surface area contributed by atoms with E-state index in [1.807, 2.05) is 0 Å². The molecule has 228 valence electrons. The molecule has 1 rings (SSSR count). The van der Waals surface area contributed by atoms with Crippen LogP contribution in [-0.4, -0.2) is 99.0 Å². The van der Waals surface area contributed by atoms with Crippen LogP contribution >= 0.6 is 0 Å². The molecule has 0 aliphatic rings. The highest BCUT2D eigenvalue weighted by Gasteiger charge is 2.31. The highest BCUT2D eigenvalue weighted by Crippen LogP contribution is 2.06. The maximum atomic E-state index is 13.3. The predicted molar refractivity (Wildman–Crippen MR) is 146 cm³/mol. The van der Waals surface area contributed by atoms with Crippen LogP contribution in [0.25, 0.3) is 0 Å². The van der Waals surface area contributed by atoms with E-state index < -0.39 is 60.2 Å². The van der Waals surface area contributed by atoms with Gasteiger partial charge >= 0.3 is 11.9 Å². The van der Waals surface area contributed by atoms with Crippen LogP contribution in [0.5, 0.6) is 0 Å². The van der Waals surface area contributed by atoms with Gasteiger partial charge < -0.3 is 59.8 Å². The molecule has 4 atom stereocenters. The Morgan fingerprint density at radius 1 is 0.829 bits per heavy atom. The highest BCUT2D eigenvalue weighted by atomic mass is 16.4. The second-order valence-electron chi connectivity index (χ2n) is 8.90. The van der Waals surface area contributed by atoms with Crippen LogP contribution in [0, 0.1) is 0 Å². The van der Waals surface area contributed by atoms with E-state index in [4.69, 9.17) is 33.8 Å². The van der Waals surface area contributed by atoms with Crippen molar-refractivity contribution >= 4 is 41.6 Å². The zero-order chi connectivity index (χ0) is 30.9. The summed E-state index contributed by atoms with van der Waals surface area (Å²) in [6.07, 6.45) is 2.42. The van der Waals surface area contributed by atoms with Gasteiger partial charge in [-0.2, -0.15) is 0 Å². The molecule has 3 amide bonds. The third kappa shape index (κ3) is 14.1. The Balaban J connectivity index is 3.09. The maximum absolute atomic E-state index is 13.3. The standard InChI is InChI=1S/C22H38N12O7/c23-12(8-16(35)36)17(37)34-15(7-11-9-28-10-31-11)19(39)32-13(3-1-5-29-21(24)25)18(38)33-14(20(40)41)4-2-6-30-22(26)27/h9-10,12-15H,1-8,23H2,(H,28,31)(H,32,39)(H,33,38)(H,34,37)(H,35,36)(H,40,41)(H4,24,25,29)(H4,26,27,30). The minimum Gasteiger partial charge on any atom is -0.481 e. The normalized spacial score (nSPS) is 13.5. The van der Waals surface area contributed by atoms with Crippen molar-refractivity contribution < 1.29 is 34.2 Å². The molecule has 0 bridgehead atoms. The predicted octanol–water partition coefficient (Wildman–Crippen LogP) is -4.60. The average Bonchev–Trinajstić information content (AvgIpc) is 3.39. The van der Waals surface area contributed by atoms with Crippen LogP contribution in [0.3, 0.4) is 0 Å². The Kier molecular flexibility index (Phi) is 14.6. The second kappa shape index (κ2) is 17.6. The van der Waals surface area contributed by atoms with Gasteiger partial charge in [0, 0.05) is 31.4 Å². The summed E-state index contributed by atoms with van der Waals surface area (Å²) in [5.74, 6) is -5.51. The number of aromatic nitrogens is 2. The second-order valence-corrected chi connectivity index (χ2v) is 8.90. The molecule has 1 aromatic rings. The van der Waals surface area contributed by atoms with Crippen LogP contribution in [0.15, 0.2) is 22.5 Å². The van der Waals surface area contributed by atoms with Gasteiger partial charge in [0.25, 0.3) is 0 Å². The van der Waals surface area contributed by atoms with E-state index in [0.29, 0.717) is 5.69 Å². The molecule has 0 radical (unpaired) electrons. The number of nitrogens with zero attached hydrogens (tertiary/aromatic N) is 3. The average molecular weight is 583 g/mol. The minimum atomic E-state index is -1.45. The van der Waals surface area contributed by atoms with Crippen molar-refractivity contribution in [3.63, 3.8) is 0 Å². The summed E-state index contributed by atoms with van der Waals surface area (Å²) < 4.78 is 0. The first-order valence-electron chi connectivity index (χ1n) is 12.5. The van der Waals surface area contributed by atoms with Gasteiger partial charge in [0.15, 0.2) is 11.9 Å². The fourth-order valence-corrected chi connectivity index (χ4v) is 3.46. The number of aliphatic imine (C=N–C) groups is 2. The van der Waals surface area contributed by atoms with E-state index in [2.05, 4.69) is 35.9 Å². The van der Waals surface area contributed by atoms with E-state index in [1.54, 1.807) is 0 Å². The first-order chi connectivity index (χ1) is 19.3. The Morgan fingerprint density at radius 3 is 1.83 bits per heavy atom. The van der Waals surface area contributed by atoms with Gasteiger partial charge in [-0.3, -0.25) is 29.2 Å². The van der Waals surface area contributed by atoms with Crippen molar-refractivity contribution in [1.82, 2.24) is 25.9 Å². The lowest BCUT2D eigenvalue weighted by Gasteiger charge is -2.25. The summed E-state index contributed by atoms with van der Waals surface area (Å²) in [6, 6.07) is -5.32. The van der Waals surface area contributed by atoms with Crippen LogP contribution < -0.4 is 44.6 Å². The van der Waals surface area contributed by atoms with Crippen LogP contribution in [-0.2, 0) is 30.4 Å². The molecular weight excluding hydrogens is 544 g/mol. The molecule has 0 spiro atoms. The molecule has 0 aliphatic heterocycles. The summed E-state index contributed by atoms with van der Waals surface area (Å²) in [6.45, 7) is 0.251. The number of H-pyrrole nitrogens is 1. The van der Waals surface area contributed by atoms with Gasteiger partial charge in [-0.15, -0.1) is 0 Å². The number of carboxylic acids is 2. The van der Waals surface area contributed by atoms with E-state index >= 15 is 0 Å². The third-order valence-corrected chi connectivity index (χ3v) is 5.48. The fourth-order valence-electron chi connectivity index (χ4n) is 3.46. The lowest BCUT2D eigenvalue weighted by atomic mass is 10.1. The SMILES string of the molecule is NC(N)=NCCCC(NC(=O)C(CCCN=C(N)N)NC(=O)C(Cc1cnc[nH]1)NC(=O)C(N)CC(=O)O)C(=O)O. The number of hydrogen-bond acceptors (Lipinski definition) is 9. The quantitative estimate of drug-likeness (QED) is 0.0416. The first-order valence-corrected chi connectivity index (χ1v) is 12.5. The monoisotopic (exact) mass is 582 g/mol. The molecule has 0 aromatic carbocycles. The largest absolute Gasteiger partial charge is 0.481 e. The molecule has 0 saturated carbocycles. The number of imidazole rings is 1. The number of nitrogens with two attached hydrogens (primary N) is 5. The molecule has 16 N–H and O–H groups in total. The summed E-state index contributed by atoms with van der Waals surface area (Å²) in [5.41, 5.74) is 27.2. The lowest BCUT2D eigenvalue weighted by molar-refractivity contribution is -0.142. The Labute approximate surface area is 234 Å². The minimum absolute atomic E-state index is 0.00204. The third-order valence-electron chi connectivity index (χ3n) is 5.48. The Morgan fingerprint density at radius 2 is 1.34 bits per heavy atom. The summed E-state index contributed by atoms with van der Waals surface area (Å²) in [4.78, 5) is 75.8. The molecule has 19 nitrogen and oxygen atoms in total. The molecule has 0 saturated heterocycles. The van der Waals surface area contributed by atoms with Crippen molar-refractivity contribution in [3.05, 3.63) is 18.2 Å². The number of hydrogen-bond donors (Lipinski definition) is 11. The van der Waals surface area contributed by atoms with Gasteiger partial charge in [-0.1, -0.05) is 0 Å². The molecule has 0 aliphatic carbocycles. The molecule has 0 fully saturated rings. The lowest BCUT2D eigenvalue weighted by Crippen LogP contribution is -2.57. The van der Waals surface area contributed by atoms with Gasteiger partial charge in [-0.05, 0) is 25.7 Å². The number of aromatic amines is 1. The van der Waals surface area contributed by atoms with Gasteiger partial charge in [0.2, 0.25) is 17.7 Å². The summed E-state index contributed by atoms with van der Waals surface area (Å²) in [5, 5.41) is 25.8. The van der Waals surface area contributed by atoms with Crippen molar-refractivity contribution in [2.24, 2.45) is 38.7 Å². The number of carbonyl (C=O) groups excluding carboxylic acids is 3. The van der Waals surface area contributed by atoms with Gasteiger partial charge in [-0.25, -0.2) is 9.78 Å². The number of aliphatic carboxylic acids is 2. The molecule has 1 heterocycles. The summed E-state index contributed by atoms with van der Waals surface area (Å²) in [7, 11) is 0. The molecule has 19 heteroatoms. The fraction of sp³-hybridized carbons (Fsp3) is 0.545. The van der Waals surface area contributed by atoms with E-state index in [-0.39, 0.29) is 57.1 Å². The number of carbonyl (C=O) groups is 5. The Bertz CT molecular complexity index is 1080. The molecular formula is C22H38N12O7. The molecule has 1 aromatic heterocycles. The number of rotatable bonds is 19. The first kappa shape index (κ1) is 34.1. The smallest absolute Gasteiger partial charge is 0.326 e. The zero-order valence-corrected chi connectivity index (χ0v) is 22.3. The van der Waals surface area contributed by atoms with Crippen LogP contribution in [0.2, 0.25) is 0 Å². The van der Waals surface area contributed by atoms with Crippen molar-refractivity contribution in [2.75, 3.05) is 13.1 Å². The summed E-state index contributed by atoms with van der Waals surface area (Å²) >= 11 is 0.